The molecule has 1 N–H and O–H groups in total. The highest BCUT2D eigenvalue weighted by Crippen LogP contribution is 2.44. The number of halogens is 2. The molecule has 0 spiro atoms. The molecule has 1 aliphatic rings. The van der Waals surface area contributed by atoms with Crippen molar-refractivity contribution < 1.29 is 18.3 Å². The number of nitrogens with one attached hydrogen (secondary N) is 1. The molecule has 2 aromatic rings. The lowest BCUT2D eigenvalue weighted by Crippen LogP contribution is -2.34. The van der Waals surface area contributed by atoms with Crippen molar-refractivity contribution in [2.75, 3.05) is 17.2 Å². The molecule has 1 heterocycles. The number of fused-ring (bicyclic) bond motifs is 1. The minimum absolute atomic E-state index is 0.112. The fourth-order valence-electron chi connectivity index (χ4n) is 3.30. The van der Waals surface area contributed by atoms with E-state index in [9.17, 15) is 13.6 Å². The van der Waals surface area contributed by atoms with Crippen molar-refractivity contribution in [1.29, 1.82) is 0 Å². The molecule has 1 aliphatic heterocycles. The van der Waals surface area contributed by atoms with Crippen LogP contribution in [0.4, 0.5) is 20.2 Å². The van der Waals surface area contributed by atoms with Gasteiger partial charge in [0, 0.05) is 18.3 Å². The summed E-state index contributed by atoms with van der Waals surface area (Å²) in [6.07, 6.45) is 4.16. The van der Waals surface area contributed by atoms with E-state index < -0.39 is 5.83 Å². The van der Waals surface area contributed by atoms with Gasteiger partial charge in [-0.2, -0.15) is 4.39 Å². The average molecular weight is 465 g/mol. The van der Waals surface area contributed by atoms with Gasteiger partial charge in [-0.3, -0.25) is 9.52 Å². The van der Waals surface area contributed by atoms with Crippen LogP contribution in [0.5, 0.6) is 5.75 Å². The Kier molecular flexibility index (Phi) is 8.80. The Balaban J connectivity index is 2.04. The molecule has 0 saturated carbocycles. The number of rotatable bonds is 9. The predicted octanol–water partition coefficient (Wildman–Crippen LogP) is 6.63. The maximum absolute atomic E-state index is 13.6. The van der Waals surface area contributed by atoms with Gasteiger partial charge in [0.2, 0.25) is 0 Å². The maximum Gasteiger partial charge on any atom is 0.197 e. The van der Waals surface area contributed by atoms with Gasteiger partial charge in [-0.25, -0.2) is 4.39 Å². The van der Waals surface area contributed by atoms with Gasteiger partial charge in [0.05, 0.1) is 15.5 Å². The van der Waals surface area contributed by atoms with Crippen LogP contribution in [0.25, 0.3) is 0 Å². The van der Waals surface area contributed by atoms with Crippen molar-refractivity contribution in [2.24, 2.45) is 0 Å². The van der Waals surface area contributed by atoms with Crippen LogP contribution in [0.1, 0.15) is 33.1 Å². The number of thioether (sulfide) groups is 1. The lowest BCUT2D eigenvalue weighted by molar-refractivity contribution is -0.106. The van der Waals surface area contributed by atoms with Gasteiger partial charge in [0.25, 0.3) is 0 Å². The van der Waals surface area contributed by atoms with Gasteiger partial charge in [-0.1, -0.05) is 26.7 Å². The smallest absolute Gasteiger partial charge is 0.197 e. The van der Waals surface area contributed by atoms with E-state index in [2.05, 4.69) is 16.5 Å². The van der Waals surface area contributed by atoms with Gasteiger partial charge in [0.1, 0.15) is 17.8 Å². The van der Waals surface area contributed by atoms with Crippen molar-refractivity contribution in [3.63, 3.8) is 0 Å². The highest BCUT2D eigenvalue weighted by atomic mass is 32.2. The number of allylic oxidation sites excluding steroid dienone is 1. The van der Waals surface area contributed by atoms with Gasteiger partial charge in [0.15, 0.2) is 12.1 Å². The molecule has 0 aromatic heterocycles. The van der Waals surface area contributed by atoms with Crippen molar-refractivity contribution >= 4 is 41.4 Å². The topological polar surface area (TPSA) is 41.6 Å². The van der Waals surface area contributed by atoms with E-state index in [-0.39, 0.29) is 18.1 Å². The summed E-state index contributed by atoms with van der Waals surface area (Å²) in [6, 6.07) is 10.6. The van der Waals surface area contributed by atoms with Crippen LogP contribution >= 0.6 is 23.7 Å². The van der Waals surface area contributed by atoms with Crippen LogP contribution in [0.3, 0.4) is 0 Å². The lowest BCUT2D eigenvalue weighted by atomic mass is 10.1. The second-order valence-electron chi connectivity index (χ2n) is 7.08. The number of benzene rings is 2. The molecule has 0 amide bonds. The number of carbonyl (C=O) groups is 1. The highest BCUT2D eigenvalue weighted by Gasteiger charge is 2.25. The Morgan fingerprint density at radius 1 is 1.32 bits per heavy atom. The summed E-state index contributed by atoms with van der Waals surface area (Å²) in [5.41, 5.74) is 1.88. The molecule has 0 aliphatic carbocycles. The van der Waals surface area contributed by atoms with Crippen LogP contribution in [0.2, 0.25) is 0 Å². The van der Waals surface area contributed by atoms with Crippen LogP contribution in [0.15, 0.2) is 58.3 Å². The number of unbranched alkanes of at least 4 members (excludes halogenated alkanes) is 1. The SMILES string of the molecule is CCCCC1CN(c2ccc(F)cc2)c2cc(SCC)c(O/C=C(\F)C=O)cc2SN1. The molecular weight excluding hydrogens is 438 g/mol. The minimum Gasteiger partial charge on any atom is -0.461 e. The van der Waals surface area contributed by atoms with Crippen LogP contribution in [-0.4, -0.2) is 24.6 Å². The third-order valence-electron chi connectivity index (χ3n) is 4.81. The molecule has 0 bridgehead atoms. The molecule has 2 aromatic carbocycles. The molecule has 8 heteroatoms. The zero-order valence-corrected chi connectivity index (χ0v) is 19.2. The van der Waals surface area contributed by atoms with Crippen LogP contribution in [-0.2, 0) is 4.79 Å². The normalized spacial score (nSPS) is 16.6. The summed E-state index contributed by atoms with van der Waals surface area (Å²) in [4.78, 5) is 14.5. The first kappa shape index (κ1) is 23.6. The lowest BCUT2D eigenvalue weighted by Gasteiger charge is -2.28. The summed E-state index contributed by atoms with van der Waals surface area (Å²) in [5.74, 6) is 0.0447. The van der Waals surface area contributed by atoms with Gasteiger partial charge >= 0.3 is 0 Å². The van der Waals surface area contributed by atoms with Crippen molar-refractivity contribution in [3.8, 4) is 5.75 Å². The van der Waals surface area contributed by atoms with Crippen LogP contribution in [0, 0.1) is 5.82 Å². The zero-order valence-electron chi connectivity index (χ0n) is 17.6. The number of hydrogen-bond acceptors (Lipinski definition) is 6. The number of carbonyl (C=O) groups excluding carboxylic acids is 1. The Morgan fingerprint density at radius 3 is 2.77 bits per heavy atom. The summed E-state index contributed by atoms with van der Waals surface area (Å²) in [7, 11) is 0. The molecule has 0 saturated heterocycles. The number of hydrogen-bond donors (Lipinski definition) is 1. The first-order valence-electron chi connectivity index (χ1n) is 10.3. The Labute approximate surface area is 190 Å². The Bertz CT molecular complexity index is 923. The van der Waals surface area contributed by atoms with Crippen LogP contribution < -0.4 is 14.4 Å². The molecule has 0 fully saturated rings. The average Bonchev–Trinajstić information content (AvgIpc) is 2.96. The summed E-state index contributed by atoms with van der Waals surface area (Å²) >= 11 is 3.09. The monoisotopic (exact) mass is 464 g/mol. The fraction of sp³-hybridized carbons (Fsp3) is 0.348. The quantitative estimate of drug-likeness (QED) is 0.148. The standard InChI is InChI=1S/C23H26F2N2O2S2/c1-3-5-6-18-13-27(19-9-7-16(24)8-10-19)20-11-23(30-4-2)21(12-22(20)31-26-18)29-15-17(25)14-28/h7-12,14-15,18,26H,3-6,13H2,1-2H3/b17-15-. The van der Waals surface area contributed by atoms with Crippen molar-refractivity contribution in [2.45, 2.75) is 48.9 Å². The van der Waals surface area contributed by atoms with E-state index >= 15 is 0 Å². The van der Waals surface area contributed by atoms with Crippen molar-refractivity contribution in [3.05, 3.63) is 54.3 Å². The van der Waals surface area contributed by atoms with Gasteiger partial charge in [-0.05, 0) is 60.5 Å². The molecule has 3 rings (SSSR count). The van der Waals surface area contributed by atoms with E-state index in [1.807, 2.05) is 19.1 Å². The van der Waals surface area contributed by atoms with E-state index in [4.69, 9.17) is 4.74 Å². The summed E-state index contributed by atoms with van der Waals surface area (Å²) in [5, 5.41) is 0. The minimum atomic E-state index is -0.972. The molecule has 0 radical (unpaired) electrons. The summed E-state index contributed by atoms with van der Waals surface area (Å²) < 4.78 is 35.9. The highest BCUT2D eigenvalue weighted by molar-refractivity contribution is 7.99. The third kappa shape index (κ3) is 6.24. The fourth-order valence-corrected chi connectivity index (χ4v) is 4.98. The second-order valence-corrected chi connectivity index (χ2v) is 9.27. The van der Waals surface area contributed by atoms with E-state index in [0.717, 1.165) is 59.0 Å². The Morgan fingerprint density at radius 2 is 2.10 bits per heavy atom. The second kappa shape index (κ2) is 11.5. The summed E-state index contributed by atoms with van der Waals surface area (Å²) in [6.45, 7) is 4.93. The van der Waals surface area contributed by atoms with E-state index in [1.165, 1.54) is 24.1 Å². The van der Waals surface area contributed by atoms with E-state index in [0.29, 0.717) is 5.75 Å². The molecule has 31 heavy (non-hydrogen) atoms. The van der Waals surface area contributed by atoms with E-state index in [1.54, 1.807) is 23.9 Å². The largest absolute Gasteiger partial charge is 0.461 e. The maximum atomic E-state index is 13.6. The zero-order chi connectivity index (χ0) is 22.2. The third-order valence-corrected chi connectivity index (χ3v) is 6.73. The first-order valence-corrected chi connectivity index (χ1v) is 12.1. The number of nitrogens with zero attached hydrogens (tertiary/aromatic N) is 1. The number of ether oxygens (including phenoxy) is 1. The molecule has 1 unspecified atom stereocenters. The first-order chi connectivity index (χ1) is 15.0. The number of aldehydes is 1. The number of anilines is 2. The molecule has 1 atom stereocenters. The van der Waals surface area contributed by atoms with Gasteiger partial charge < -0.3 is 9.64 Å². The van der Waals surface area contributed by atoms with Gasteiger partial charge in [-0.15, -0.1) is 11.8 Å². The van der Waals surface area contributed by atoms with Crippen molar-refractivity contribution in [1.82, 2.24) is 4.72 Å². The molecular formula is C23H26F2N2O2S2. The molecule has 4 nitrogen and oxygen atoms in total. The Hall–Kier alpha value is -2.03. The predicted molar refractivity (Wildman–Crippen MR) is 124 cm³/mol. The molecule has 166 valence electrons.